The number of nitrogens with zero attached hydrogens (tertiary/aromatic N) is 5. The maximum atomic E-state index is 14.1. The molecule has 204 valence electrons. The Bertz CT molecular complexity index is 1300. The molecule has 2 fully saturated rings. The summed E-state index contributed by atoms with van der Waals surface area (Å²) in [5.74, 6) is 0.560. The minimum absolute atomic E-state index is 0.0336. The van der Waals surface area contributed by atoms with Gasteiger partial charge in [0, 0.05) is 75.7 Å². The van der Waals surface area contributed by atoms with Crippen molar-refractivity contribution in [2.45, 2.75) is 19.9 Å². The van der Waals surface area contributed by atoms with E-state index < -0.39 is 0 Å². The van der Waals surface area contributed by atoms with Gasteiger partial charge in [-0.25, -0.2) is 9.37 Å². The van der Waals surface area contributed by atoms with Crippen molar-refractivity contribution in [1.82, 2.24) is 14.8 Å². The monoisotopic (exact) mass is 530 g/mol. The van der Waals surface area contributed by atoms with Gasteiger partial charge in [0.05, 0.1) is 11.4 Å². The number of pyridine rings is 1. The van der Waals surface area contributed by atoms with Crippen LogP contribution in [0.5, 0.6) is 0 Å². The van der Waals surface area contributed by atoms with Crippen molar-refractivity contribution < 1.29 is 14.0 Å². The van der Waals surface area contributed by atoms with Crippen molar-refractivity contribution in [3.05, 3.63) is 83.8 Å². The molecule has 0 radical (unpaired) electrons. The number of benzene rings is 2. The third-order valence-electron chi connectivity index (χ3n) is 7.24. The van der Waals surface area contributed by atoms with Crippen LogP contribution in [-0.4, -0.2) is 85.0 Å². The van der Waals surface area contributed by atoms with E-state index in [0.717, 1.165) is 11.5 Å². The zero-order valence-corrected chi connectivity index (χ0v) is 22.5. The molecule has 0 saturated carbocycles. The Morgan fingerprint density at radius 3 is 1.82 bits per heavy atom. The number of nitrogens with one attached hydrogen (secondary N) is 1. The minimum Gasteiger partial charge on any atom is -0.380 e. The largest absolute Gasteiger partial charge is 0.380 e. The summed E-state index contributed by atoms with van der Waals surface area (Å²) in [6.07, 6.45) is 1.80. The van der Waals surface area contributed by atoms with E-state index in [1.54, 1.807) is 47.5 Å². The highest BCUT2D eigenvalue weighted by molar-refractivity contribution is 5.98. The Hall–Kier alpha value is -4.14. The molecule has 39 heavy (non-hydrogen) atoms. The Kier molecular flexibility index (Phi) is 7.95. The number of carbonyl (C=O) groups excluding carboxylic acids is 2. The lowest BCUT2D eigenvalue weighted by Gasteiger charge is -2.36. The van der Waals surface area contributed by atoms with Crippen molar-refractivity contribution in [3.8, 4) is 0 Å². The van der Waals surface area contributed by atoms with E-state index in [2.05, 4.69) is 29.0 Å². The number of para-hydroxylation sites is 1. The number of carbonyl (C=O) groups is 2. The number of aromatic nitrogens is 1. The van der Waals surface area contributed by atoms with Crippen LogP contribution in [0, 0.1) is 5.82 Å². The molecule has 1 aromatic heterocycles. The number of hydrogen-bond acceptors (Lipinski definition) is 6. The highest BCUT2D eigenvalue weighted by Gasteiger charge is 2.26. The first kappa shape index (κ1) is 26.5. The average Bonchev–Trinajstić information content (AvgIpc) is 2.97. The lowest BCUT2D eigenvalue weighted by atomic mass is 10.1. The van der Waals surface area contributed by atoms with Gasteiger partial charge in [-0.1, -0.05) is 12.1 Å². The van der Waals surface area contributed by atoms with Crippen LogP contribution in [0.2, 0.25) is 0 Å². The molecule has 0 bridgehead atoms. The first-order valence-electron chi connectivity index (χ1n) is 13.6. The van der Waals surface area contributed by atoms with Crippen molar-refractivity contribution in [3.63, 3.8) is 0 Å². The van der Waals surface area contributed by atoms with Crippen LogP contribution >= 0.6 is 0 Å². The zero-order valence-electron chi connectivity index (χ0n) is 22.5. The van der Waals surface area contributed by atoms with E-state index in [-0.39, 0.29) is 17.6 Å². The van der Waals surface area contributed by atoms with Gasteiger partial charge < -0.3 is 24.9 Å². The van der Waals surface area contributed by atoms with Crippen molar-refractivity contribution in [1.29, 1.82) is 0 Å². The van der Waals surface area contributed by atoms with Crippen molar-refractivity contribution >= 4 is 29.0 Å². The maximum absolute atomic E-state index is 14.1. The van der Waals surface area contributed by atoms with Gasteiger partial charge in [0.15, 0.2) is 5.82 Å². The first-order valence-corrected chi connectivity index (χ1v) is 13.6. The van der Waals surface area contributed by atoms with Gasteiger partial charge in [-0.15, -0.1) is 0 Å². The fourth-order valence-corrected chi connectivity index (χ4v) is 5.17. The molecule has 1 N–H and O–H groups in total. The van der Waals surface area contributed by atoms with Gasteiger partial charge in [0.2, 0.25) is 0 Å². The maximum Gasteiger partial charge on any atom is 0.253 e. The number of anilines is 3. The molecule has 0 spiro atoms. The number of amides is 2. The van der Waals surface area contributed by atoms with Gasteiger partial charge in [-0.3, -0.25) is 9.59 Å². The second kappa shape index (κ2) is 11.7. The van der Waals surface area contributed by atoms with Crippen LogP contribution in [0.25, 0.3) is 0 Å². The summed E-state index contributed by atoms with van der Waals surface area (Å²) in [6, 6.07) is 17.9. The van der Waals surface area contributed by atoms with Gasteiger partial charge in [0.1, 0.15) is 5.82 Å². The van der Waals surface area contributed by atoms with Gasteiger partial charge >= 0.3 is 0 Å². The molecule has 5 rings (SSSR count). The van der Waals surface area contributed by atoms with E-state index >= 15 is 0 Å². The summed E-state index contributed by atoms with van der Waals surface area (Å²) in [6.45, 7) is 8.97. The van der Waals surface area contributed by atoms with E-state index in [4.69, 9.17) is 0 Å². The van der Waals surface area contributed by atoms with Crippen molar-refractivity contribution in [2.75, 3.05) is 67.5 Å². The molecule has 3 aromatic rings. The van der Waals surface area contributed by atoms with Crippen LogP contribution in [0.3, 0.4) is 0 Å². The summed E-state index contributed by atoms with van der Waals surface area (Å²) in [7, 11) is 0. The molecule has 2 aliphatic heterocycles. The standard InChI is InChI=1S/C30H35FN6O2/c1-22(2)33-26-7-5-13-32-28(26)35-16-20-37(21-17-35)30(39)24-11-9-23(10-12-24)29(38)36-18-14-34(15-19-36)27-8-4-3-6-25(27)31/h3-13,22,33H,14-21H2,1-2H3. The summed E-state index contributed by atoms with van der Waals surface area (Å²) in [5, 5.41) is 3.45. The molecule has 3 heterocycles. The van der Waals surface area contributed by atoms with E-state index in [1.807, 2.05) is 28.0 Å². The lowest BCUT2D eigenvalue weighted by molar-refractivity contribution is 0.0734. The van der Waals surface area contributed by atoms with Crippen LogP contribution in [0.15, 0.2) is 66.9 Å². The Morgan fingerprint density at radius 1 is 0.744 bits per heavy atom. The average molecular weight is 531 g/mol. The van der Waals surface area contributed by atoms with Crippen LogP contribution in [0.1, 0.15) is 34.6 Å². The molecule has 0 atom stereocenters. The Morgan fingerprint density at radius 2 is 1.28 bits per heavy atom. The normalized spacial score (nSPS) is 16.0. The first-order chi connectivity index (χ1) is 18.9. The van der Waals surface area contributed by atoms with E-state index in [9.17, 15) is 14.0 Å². The third kappa shape index (κ3) is 5.97. The summed E-state index contributed by atoms with van der Waals surface area (Å²) in [4.78, 5) is 38.7. The number of piperazine rings is 2. The topological polar surface area (TPSA) is 72.0 Å². The SMILES string of the molecule is CC(C)Nc1cccnc1N1CCN(C(=O)c2ccc(C(=O)N3CCN(c4ccccc4F)CC3)cc2)CC1. The second-order valence-electron chi connectivity index (χ2n) is 10.3. The highest BCUT2D eigenvalue weighted by atomic mass is 19.1. The molecular formula is C30H35FN6O2. The Balaban J connectivity index is 1.15. The fourth-order valence-electron chi connectivity index (χ4n) is 5.17. The molecule has 2 aromatic carbocycles. The molecule has 2 aliphatic rings. The second-order valence-corrected chi connectivity index (χ2v) is 10.3. The molecule has 2 saturated heterocycles. The molecule has 9 heteroatoms. The minimum atomic E-state index is -0.247. The molecular weight excluding hydrogens is 495 g/mol. The highest BCUT2D eigenvalue weighted by Crippen LogP contribution is 2.25. The quantitative estimate of drug-likeness (QED) is 0.520. The molecule has 0 unspecified atom stereocenters. The smallest absolute Gasteiger partial charge is 0.253 e. The third-order valence-corrected chi connectivity index (χ3v) is 7.24. The molecule has 8 nitrogen and oxygen atoms in total. The van der Waals surface area contributed by atoms with E-state index in [1.165, 1.54) is 6.07 Å². The predicted molar refractivity (Wildman–Crippen MR) is 152 cm³/mol. The van der Waals surface area contributed by atoms with Crippen LogP contribution in [0.4, 0.5) is 21.6 Å². The van der Waals surface area contributed by atoms with Gasteiger partial charge in [0.25, 0.3) is 11.8 Å². The van der Waals surface area contributed by atoms with E-state index in [0.29, 0.717) is 75.2 Å². The van der Waals surface area contributed by atoms with Crippen LogP contribution < -0.4 is 15.1 Å². The Labute approximate surface area is 229 Å². The van der Waals surface area contributed by atoms with Crippen LogP contribution in [-0.2, 0) is 0 Å². The number of rotatable bonds is 6. The number of hydrogen-bond donors (Lipinski definition) is 1. The molecule has 2 amide bonds. The number of halogens is 1. The molecule has 0 aliphatic carbocycles. The van der Waals surface area contributed by atoms with Crippen molar-refractivity contribution in [2.24, 2.45) is 0 Å². The summed E-state index contributed by atoms with van der Waals surface area (Å²) in [5.41, 5.74) is 2.70. The predicted octanol–water partition coefficient (Wildman–Crippen LogP) is 3.97. The fraction of sp³-hybridized carbons (Fsp3) is 0.367. The summed E-state index contributed by atoms with van der Waals surface area (Å²) >= 11 is 0. The van der Waals surface area contributed by atoms with Gasteiger partial charge in [-0.05, 0) is 62.4 Å². The lowest BCUT2D eigenvalue weighted by Crippen LogP contribution is -2.49. The summed E-state index contributed by atoms with van der Waals surface area (Å²) < 4.78 is 14.1. The zero-order chi connectivity index (χ0) is 27.4. The van der Waals surface area contributed by atoms with Gasteiger partial charge in [-0.2, -0.15) is 0 Å².